The van der Waals surface area contributed by atoms with Crippen LogP contribution in [0.25, 0.3) is 0 Å². The Morgan fingerprint density at radius 3 is 1.18 bits per heavy atom. The molecule has 0 rings (SSSR count). The minimum atomic E-state index is 1.15. The van der Waals surface area contributed by atoms with Crippen molar-refractivity contribution in [1.82, 2.24) is 0 Å². The van der Waals surface area contributed by atoms with Gasteiger partial charge < -0.3 is 0 Å². The molecule has 0 atom stereocenters. The van der Waals surface area contributed by atoms with E-state index < -0.39 is 0 Å². The summed E-state index contributed by atoms with van der Waals surface area (Å²) in [5.41, 5.74) is 5.60. The van der Waals surface area contributed by atoms with Crippen molar-refractivity contribution < 1.29 is 0 Å². The summed E-state index contributed by atoms with van der Waals surface area (Å²) in [5, 5.41) is 0. The van der Waals surface area contributed by atoms with Crippen LogP contribution in [0.15, 0.2) is 71.9 Å². The van der Waals surface area contributed by atoms with Crippen LogP contribution in [0.5, 0.6) is 0 Å². The van der Waals surface area contributed by atoms with Crippen molar-refractivity contribution in [3.63, 3.8) is 0 Å². The van der Waals surface area contributed by atoms with Gasteiger partial charge in [0, 0.05) is 0 Å². The molecule has 0 aliphatic heterocycles. The van der Waals surface area contributed by atoms with Gasteiger partial charge in [-0.25, -0.2) is 0 Å². The molecule has 0 bridgehead atoms. The fraction of sp³-hybridized carbons (Fsp3) is 0.455. The lowest BCUT2D eigenvalue weighted by Crippen LogP contribution is -1.75. The lowest BCUT2D eigenvalue weighted by Gasteiger charge is -1.95. The van der Waals surface area contributed by atoms with Gasteiger partial charge in [-0.05, 0) is 67.2 Å². The standard InChI is InChI=1S/2C11H18/c2*1-5-7-11(4)9-6-8-10(2)3/h2*5,7-8H,1,6,9H2,2-4H3. The molecule has 0 nitrogen and oxygen atoms in total. The zero-order valence-corrected chi connectivity index (χ0v) is 15.7. The highest BCUT2D eigenvalue weighted by Crippen LogP contribution is 2.06. The topological polar surface area (TPSA) is 0 Å². The molecule has 124 valence electrons. The average molecular weight is 301 g/mol. The van der Waals surface area contributed by atoms with E-state index in [0.717, 1.165) is 25.7 Å². The zero-order valence-electron chi connectivity index (χ0n) is 15.7. The first kappa shape index (κ1) is 22.7. The first-order valence-corrected chi connectivity index (χ1v) is 8.16. The van der Waals surface area contributed by atoms with Gasteiger partial charge in [0.2, 0.25) is 0 Å². The van der Waals surface area contributed by atoms with Gasteiger partial charge in [-0.1, -0.05) is 71.9 Å². The van der Waals surface area contributed by atoms with Crippen LogP contribution < -0.4 is 0 Å². The number of rotatable bonds is 8. The fourth-order valence-corrected chi connectivity index (χ4v) is 1.75. The van der Waals surface area contributed by atoms with Gasteiger partial charge in [-0.3, -0.25) is 0 Å². The minimum Gasteiger partial charge on any atom is -0.0991 e. The van der Waals surface area contributed by atoms with Gasteiger partial charge in [0.25, 0.3) is 0 Å². The van der Waals surface area contributed by atoms with E-state index in [2.05, 4.69) is 79.0 Å². The van der Waals surface area contributed by atoms with Crippen LogP contribution in [0, 0.1) is 0 Å². The Bertz CT molecular complexity index is 375. The molecule has 0 aliphatic carbocycles. The lowest BCUT2D eigenvalue weighted by molar-refractivity contribution is 0.967. The second-order valence-corrected chi connectivity index (χ2v) is 6.14. The van der Waals surface area contributed by atoms with E-state index >= 15 is 0 Å². The highest BCUT2D eigenvalue weighted by Gasteiger charge is 1.86. The summed E-state index contributed by atoms with van der Waals surface area (Å²) in [6.07, 6.45) is 17.0. The molecule has 0 fully saturated rings. The molecule has 0 N–H and O–H groups in total. The molecule has 0 aromatic rings. The van der Waals surface area contributed by atoms with Gasteiger partial charge in [-0.2, -0.15) is 0 Å². The summed E-state index contributed by atoms with van der Waals surface area (Å²) < 4.78 is 0. The van der Waals surface area contributed by atoms with Gasteiger partial charge in [0.1, 0.15) is 0 Å². The lowest BCUT2D eigenvalue weighted by atomic mass is 10.1. The van der Waals surface area contributed by atoms with Crippen LogP contribution in [0.3, 0.4) is 0 Å². The van der Waals surface area contributed by atoms with Crippen molar-refractivity contribution >= 4 is 0 Å². The first-order chi connectivity index (χ1) is 10.3. The summed E-state index contributed by atoms with van der Waals surface area (Å²) in [7, 11) is 0. The molecule has 0 unspecified atom stereocenters. The summed E-state index contributed by atoms with van der Waals surface area (Å²) >= 11 is 0. The van der Waals surface area contributed by atoms with Crippen LogP contribution >= 0.6 is 0 Å². The maximum Gasteiger partial charge on any atom is -0.0285 e. The maximum absolute atomic E-state index is 3.65. The van der Waals surface area contributed by atoms with Gasteiger partial charge in [0.05, 0.1) is 0 Å². The number of hydrogen-bond donors (Lipinski definition) is 0. The quantitative estimate of drug-likeness (QED) is 0.318. The monoisotopic (exact) mass is 300 g/mol. The summed E-state index contributed by atoms with van der Waals surface area (Å²) in [4.78, 5) is 0. The van der Waals surface area contributed by atoms with E-state index in [1.807, 2.05) is 12.2 Å². The van der Waals surface area contributed by atoms with Crippen molar-refractivity contribution in [2.75, 3.05) is 0 Å². The molecular weight excluding hydrogens is 264 g/mol. The van der Waals surface area contributed by atoms with Gasteiger partial charge >= 0.3 is 0 Å². The molecule has 0 aromatic carbocycles. The largest absolute Gasteiger partial charge is 0.0991 e. The SMILES string of the molecule is C=CC=C(C)CCC=C(C)C.C=CC=C(C)CCC=C(C)C. The third-order valence-electron chi connectivity index (χ3n) is 2.99. The second kappa shape index (κ2) is 15.8. The smallest absolute Gasteiger partial charge is 0.0285 e. The van der Waals surface area contributed by atoms with E-state index in [4.69, 9.17) is 0 Å². The molecule has 0 saturated heterocycles. The molecule has 0 saturated carbocycles. The third kappa shape index (κ3) is 20.8. The Morgan fingerprint density at radius 1 is 0.636 bits per heavy atom. The Kier molecular flexibility index (Phi) is 16.3. The zero-order chi connectivity index (χ0) is 17.4. The van der Waals surface area contributed by atoms with E-state index in [1.54, 1.807) is 0 Å². The predicted molar refractivity (Wildman–Crippen MR) is 105 cm³/mol. The average Bonchev–Trinajstić information content (AvgIpc) is 2.39. The molecule has 22 heavy (non-hydrogen) atoms. The number of allylic oxidation sites excluding steroid dienone is 10. The normalized spacial score (nSPS) is 11.0. The maximum atomic E-state index is 3.65. The van der Waals surface area contributed by atoms with E-state index in [9.17, 15) is 0 Å². The van der Waals surface area contributed by atoms with Crippen molar-refractivity contribution in [2.24, 2.45) is 0 Å². The van der Waals surface area contributed by atoms with Crippen molar-refractivity contribution in [1.29, 1.82) is 0 Å². The van der Waals surface area contributed by atoms with Crippen molar-refractivity contribution in [3.05, 3.63) is 71.9 Å². The minimum absolute atomic E-state index is 1.15. The van der Waals surface area contributed by atoms with Crippen molar-refractivity contribution in [2.45, 2.75) is 67.2 Å². The molecule has 0 amide bonds. The Morgan fingerprint density at radius 2 is 0.955 bits per heavy atom. The molecule has 0 heterocycles. The second-order valence-electron chi connectivity index (χ2n) is 6.14. The Hall–Kier alpha value is -1.56. The highest BCUT2D eigenvalue weighted by atomic mass is 13.9. The van der Waals surface area contributed by atoms with E-state index in [0.29, 0.717) is 0 Å². The van der Waals surface area contributed by atoms with Gasteiger partial charge in [-0.15, -0.1) is 0 Å². The van der Waals surface area contributed by atoms with Crippen molar-refractivity contribution in [3.8, 4) is 0 Å². The van der Waals surface area contributed by atoms with Crippen LogP contribution in [0.4, 0.5) is 0 Å². The van der Waals surface area contributed by atoms with Crippen LogP contribution in [-0.2, 0) is 0 Å². The highest BCUT2D eigenvalue weighted by molar-refractivity contribution is 5.09. The Balaban J connectivity index is 0. The fourth-order valence-electron chi connectivity index (χ4n) is 1.75. The Labute approximate surface area is 139 Å². The van der Waals surface area contributed by atoms with Crippen LogP contribution in [0.1, 0.15) is 67.2 Å². The van der Waals surface area contributed by atoms with Gasteiger partial charge in [0.15, 0.2) is 0 Å². The molecule has 0 heteroatoms. The summed E-state index contributed by atoms with van der Waals surface area (Å²) in [6.45, 7) is 20.1. The molecule has 0 radical (unpaired) electrons. The van der Waals surface area contributed by atoms with E-state index in [1.165, 1.54) is 22.3 Å². The summed E-state index contributed by atoms with van der Waals surface area (Å²) in [5.74, 6) is 0. The predicted octanol–water partition coefficient (Wildman–Crippen LogP) is 7.73. The summed E-state index contributed by atoms with van der Waals surface area (Å²) in [6, 6.07) is 0. The third-order valence-corrected chi connectivity index (χ3v) is 2.99. The first-order valence-electron chi connectivity index (χ1n) is 8.16. The molecule has 0 aromatic heterocycles. The van der Waals surface area contributed by atoms with Crippen LogP contribution in [-0.4, -0.2) is 0 Å². The molecule has 0 spiro atoms. The number of hydrogen-bond acceptors (Lipinski definition) is 0. The molecular formula is C22H36. The molecule has 0 aliphatic rings. The van der Waals surface area contributed by atoms with Crippen LogP contribution in [0.2, 0.25) is 0 Å². The van der Waals surface area contributed by atoms with E-state index in [-0.39, 0.29) is 0 Å².